The third-order valence-corrected chi connectivity index (χ3v) is 5.21. The first-order valence-corrected chi connectivity index (χ1v) is 9.86. The maximum absolute atomic E-state index is 11.5. The molecule has 3 heterocycles. The molecule has 0 saturated heterocycles. The summed E-state index contributed by atoms with van der Waals surface area (Å²) in [5.74, 6) is 1.26. The van der Waals surface area contributed by atoms with Gasteiger partial charge in [0.2, 0.25) is 5.95 Å². The van der Waals surface area contributed by atoms with E-state index in [4.69, 9.17) is 11.6 Å². The SMILES string of the molecule is CN1CCC2=C(C=C(Nc3ncc(Cl)c(Nc4ccccc4C(=O)O)n3)C(=C=O)N2)C1. The standard InChI is InChI=1S/C21H19ClN6O3/c1-28-7-6-15-12(10-28)8-17(18(11-29)24-15)26-21-23-9-14(22)19(27-21)25-16-5-3-2-4-13(16)20(30)31/h2-5,8-9,24H,6-7,10H2,1H3,(H,30,31)(H2,23,25,26,27). The van der Waals surface area contributed by atoms with Gasteiger partial charge < -0.3 is 26.0 Å². The van der Waals surface area contributed by atoms with Crippen molar-refractivity contribution in [2.75, 3.05) is 30.8 Å². The molecule has 2 aliphatic heterocycles. The number of benzene rings is 1. The van der Waals surface area contributed by atoms with Crippen molar-refractivity contribution in [3.8, 4) is 0 Å². The van der Waals surface area contributed by atoms with Gasteiger partial charge in [-0.05, 0) is 30.8 Å². The van der Waals surface area contributed by atoms with E-state index in [-0.39, 0.29) is 28.0 Å². The lowest BCUT2D eigenvalue weighted by atomic mass is 10.0. The van der Waals surface area contributed by atoms with Gasteiger partial charge in [-0.2, -0.15) is 4.98 Å². The summed E-state index contributed by atoms with van der Waals surface area (Å²) >= 11 is 6.21. The number of nitrogens with zero attached hydrogens (tertiary/aromatic N) is 3. The molecule has 31 heavy (non-hydrogen) atoms. The Morgan fingerprint density at radius 1 is 1.32 bits per heavy atom. The van der Waals surface area contributed by atoms with E-state index in [1.165, 1.54) is 12.3 Å². The van der Waals surface area contributed by atoms with Crippen molar-refractivity contribution in [2.45, 2.75) is 6.42 Å². The Morgan fingerprint density at radius 2 is 2.13 bits per heavy atom. The van der Waals surface area contributed by atoms with Gasteiger partial charge in [0.25, 0.3) is 0 Å². The van der Waals surface area contributed by atoms with Gasteiger partial charge in [0.1, 0.15) is 10.7 Å². The van der Waals surface area contributed by atoms with Gasteiger partial charge >= 0.3 is 5.97 Å². The fourth-order valence-electron chi connectivity index (χ4n) is 3.39. The summed E-state index contributed by atoms with van der Waals surface area (Å²) in [6.45, 7) is 1.65. The first-order valence-electron chi connectivity index (χ1n) is 9.48. The normalized spacial score (nSPS) is 16.1. The second-order valence-corrected chi connectivity index (χ2v) is 7.55. The average molecular weight is 439 g/mol. The van der Waals surface area contributed by atoms with Crippen LogP contribution in [0.15, 0.2) is 59.2 Å². The minimum absolute atomic E-state index is 0.0814. The molecule has 0 radical (unpaired) electrons. The van der Waals surface area contributed by atoms with Crippen molar-refractivity contribution in [2.24, 2.45) is 0 Å². The summed E-state index contributed by atoms with van der Waals surface area (Å²) in [6, 6.07) is 6.42. The van der Waals surface area contributed by atoms with Crippen LogP contribution < -0.4 is 16.0 Å². The molecule has 1 aromatic heterocycles. The topological polar surface area (TPSA) is 119 Å². The number of hydrogen-bond donors (Lipinski definition) is 4. The smallest absolute Gasteiger partial charge is 0.337 e. The number of carbonyl (C=O) groups is 1. The number of aromatic nitrogens is 2. The van der Waals surface area contributed by atoms with Crippen LogP contribution in [0, 0.1) is 0 Å². The third-order valence-electron chi connectivity index (χ3n) is 4.94. The second kappa shape index (κ2) is 8.61. The monoisotopic (exact) mass is 438 g/mol. The van der Waals surface area contributed by atoms with E-state index in [0.29, 0.717) is 11.4 Å². The molecule has 0 unspecified atom stereocenters. The number of rotatable bonds is 5. The molecule has 4 rings (SSSR count). The molecular weight excluding hydrogens is 420 g/mol. The van der Waals surface area contributed by atoms with Gasteiger partial charge in [-0.1, -0.05) is 23.7 Å². The molecule has 158 valence electrons. The van der Waals surface area contributed by atoms with Crippen LogP contribution in [0.25, 0.3) is 0 Å². The molecule has 0 saturated carbocycles. The summed E-state index contributed by atoms with van der Waals surface area (Å²) in [7, 11) is 2.03. The number of para-hydroxylation sites is 1. The van der Waals surface area contributed by atoms with Crippen LogP contribution in [0.4, 0.5) is 17.5 Å². The molecule has 1 aromatic carbocycles. The van der Waals surface area contributed by atoms with Crippen LogP contribution >= 0.6 is 11.6 Å². The van der Waals surface area contributed by atoms with Crippen LogP contribution in [0.1, 0.15) is 16.8 Å². The summed E-state index contributed by atoms with van der Waals surface area (Å²) in [6.07, 6.45) is 4.09. The number of likely N-dealkylation sites (N-methyl/N-ethyl adjacent to an activating group) is 1. The summed E-state index contributed by atoms with van der Waals surface area (Å²) in [5.41, 5.74) is 3.26. The number of hydrogen-bond acceptors (Lipinski definition) is 8. The zero-order valence-electron chi connectivity index (χ0n) is 16.6. The van der Waals surface area contributed by atoms with Crippen LogP contribution in [0.3, 0.4) is 0 Å². The van der Waals surface area contributed by atoms with E-state index < -0.39 is 5.97 Å². The minimum atomic E-state index is -1.08. The van der Waals surface area contributed by atoms with Crippen molar-refractivity contribution in [1.82, 2.24) is 20.2 Å². The van der Waals surface area contributed by atoms with Crippen LogP contribution in [0.5, 0.6) is 0 Å². The van der Waals surface area contributed by atoms with Gasteiger partial charge in [0, 0.05) is 25.2 Å². The Balaban J connectivity index is 1.62. The molecule has 2 aromatic rings. The van der Waals surface area contributed by atoms with Gasteiger partial charge in [0.05, 0.1) is 23.1 Å². The van der Waals surface area contributed by atoms with E-state index in [1.54, 1.807) is 18.2 Å². The third kappa shape index (κ3) is 4.44. The molecule has 10 heteroatoms. The van der Waals surface area contributed by atoms with E-state index in [9.17, 15) is 14.7 Å². The number of halogens is 1. The fourth-order valence-corrected chi connectivity index (χ4v) is 3.53. The highest BCUT2D eigenvalue weighted by atomic mass is 35.5. The lowest BCUT2D eigenvalue weighted by molar-refractivity contribution is 0.0698. The molecule has 0 spiro atoms. The number of anilines is 3. The molecule has 9 nitrogen and oxygen atoms in total. The average Bonchev–Trinajstić information content (AvgIpc) is 2.75. The molecule has 0 atom stereocenters. The van der Waals surface area contributed by atoms with Crippen molar-refractivity contribution >= 4 is 41.0 Å². The summed E-state index contributed by atoms with van der Waals surface area (Å²) in [4.78, 5) is 33.7. The van der Waals surface area contributed by atoms with Crippen molar-refractivity contribution in [3.05, 3.63) is 69.8 Å². The first-order chi connectivity index (χ1) is 14.9. The zero-order chi connectivity index (χ0) is 22.0. The zero-order valence-corrected chi connectivity index (χ0v) is 17.3. The lowest BCUT2D eigenvalue weighted by Crippen LogP contribution is -2.35. The van der Waals surface area contributed by atoms with Gasteiger partial charge in [-0.25, -0.2) is 14.6 Å². The number of aromatic carboxylic acids is 1. The molecular formula is C21H19ClN6O3. The Labute approximate surface area is 183 Å². The van der Waals surface area contributed by atoms with Gasteiger partial charge in [-0.15, -0.1) is 0 Å². The first kappa shape index (κ1) is 20.6. The summed E-state index contributed by atoms with van der Waals surface area (Å²) in [5, 5.41) is 18.7. The highest BCUT2D eigenvalue weighted by Crippen LogP contribution is 2.28. The van der Waals surface area contributed by atoms with Crippen molar-refractivity contribution in [3.63, 3.8) is 0 Å². The summed E-state index contributed by atoms with van der Waals surface area (Å²) < 4.78 is 0. The molecule has 2 aliphatic rings. The van der Waals surface area contributed by atoms with Crippen molar-refractivity contribution in [1.29, 1.82) is 0 Å². The lowest BCUT2D eigenvalue weighted by Gasteiger charge is -2.31. The molecule has 0 aliphatic carbocycles. The van der Waals surface area contributed by atoms with Crippen LogP contribution in [-0.2, 0) is 4.79 Å². The van der Waals surface area contributed by atoms with Crippen molar-refractivity contribution < 1.29 is 14.7 Å². The molecule has 4 N–H and O–H groups in total. The maximum Gasteiger partial charge on any atom is 0.337 e. The predicted octanol–water partition coefficient (Wildman–Crippen LogP) is 2.78. The number of carboxylic acids is 1. The highest BCUT2D eigenvalue weighted by molar-refractivity contribution is 6.33. The highest BCUT2D eigenvalue weighted by Gasteiger charge is 2.23. The molecule has 0 amide bonds. The van der Waals surface area contributed by atoms with E-state index in [2.05, 4.69) is 30.8 Å². The molecule has 0 bridgehead atoms. The van der Waals surface area contributed by atoms with Crippen LogP contribution in [0.2, 0.25) is 5.02 Å². The number of carboxylic acid groups (broad SMARTS) is 1. The fraction of sp³-hybridized carbons (Fsp3) is 0.190. The Bertz CT molecular complexity index is 1170. The minimum Gasteiger partial charge on any atom is -0.478 e. The Hall–Kier alpha value is -3.65. The second-order valence-electron chi connectivity index (χ2n) is 7.14. The van der Waals surface area contributed by atoms with Gasteiger partial charge in [-0.3, -0.25) is 0 Å². The largest absolute Gasteiger partial charge is 0.478 e. The Kier molecular flexibility index (Phi) is 5.73. The predicted molar refractivity (Wildman–Crippen MR) is 117 cm³/mol. The quantitative estimate of drug-likeness (QED) is 0.522. The number of nitrogens with one attached hydrogen (secondary N) is 3. The number of carbonyl (C=O) groups excluding carboxylic acids is 1. The Morgan fingerprint density at radius 3 is 2.90 bits per heavy atom. The van der Waals surface area contributed by atoms with Gasteiger partial charge in [0.15, 0.2) is 11.8 Å². The van der Waals surface area contributed by atoms with E-state index in [0.717, 1.165) is 30.8 Å². The van der Waals surface area contributed by atoms with Crippen LogP contribution in [-0.4, -0.2) is 52.0 Å². The maximum atomic E-state index is 11.5. The van der Waals surface area contributed by atoms with E-state index >= 15 is 0 Å². The molecule has 0 fully saturated rings. The van der Waals surface area contributed by atoms with E-state index in [1.807, 2.05) is 19.1 Å². The number of dihydropyridines is 1.